The zero-order valence-electron chi connectivity index (χ0n) is 15.7. The normalized spacial score (nSPS) is 13.0. The van der Waals surface area contributed by atoms with Crippen LogP contribution in [0, 0.1) is 0 Å². The first-order valence-corrected chi connectivity index (χ1v) is 10.5. The van der Waals surface area contributed by atoms with E-state index < -0.39 is 39.2 Å². The number of nitrogens with zero attached hydrogens (tertiary/aromatic N) is 1. The van der Waals surface area contributed by atoms with Crippen molar-refractivity contribution in [2.45, 2.75) is 37.4 Å². The van der Waals surface area contributed by atoms with E-state index in [-0.39, 0.29) is 16.6 Å². The van der Waals surface area contributed by atoms with E-state index in [2.05, 4.69) is 5.32 Å². The van der Waals surface area contributed by atoms with Gasteiger partial charge in [0.15, 0.2) is 0 Å². The standard InChI is InChI=1S/C19H20ClF3N2O3S/c1-3-13(2)24-18(26)12-25(29(27,28)15-7-5-4-6-8-15)14-9-10-17(20)16(11-14)19(21,22)23/h4-11,13H,3,12H2,1-2H3,(H,24,26)/t13-/m0/s1. The van der Waals surface area contributed by atoms with Gasteiger partial charge in [-0.05, 0) is 43.7 Å². The van der Waals surface area contributed by atoms with Crippen molar-refractivity contribution in [2.24, 2.45) is 0 Å². The van der Waals surface area contributed by atoms with Gasteiger partial charge in [0, 0.05) is 6.04 Å². The van der Waals surface area contributed by atoms with E-state index in [1.807, 2.05) is 6.92 Å². The Labute approximate surface area is 172 Å². The lowest BCUT2D eigenvalue weighted by atomic mass is 10.2. The van der Waals surface area contributed by atoms with Gasteiger partial charge in [-0.2, -0.15) is 13.2 Å². The van der Waals surface area contributed by atoms with Crippen LogP contribution in [0.3, 0.4) is 0 Å². The summed E-state index contributed by atoms with van der Waals surface area (Å²) < 4.78 is 66.6. The van der Waals surface area contributed by atoms with Crippen molar-refractivity contribution < 1.29 is 26.4 Å². The van der Waals surface area contributed by atoms with Gasteiger partial charge in [-0.1, -0.05) is 36.7 Å². The molecule has 0 fully saturated rings. The van der Waals surface area contributed by atoms with Crippen molar-refractivity contribution >= 4 is 33.2 Å². The molecule has 0 aliphatic rings. The summed E-state index contributed by atoms with van der Waals surface area (Å²) in [6, 6.07) is 9.65. The van der Waals surface area contributed by atoms with Crippen molar-refractivity contribution in [3.05, 3.63) is 59.1 Å². The first-order valence-electron chi connectivity index (χ1n) is 8.70. The van der Waals surface area contributed by atoms with Crippen LogP contribution in [0.15, 0.2) is 53.4 Å². The molecule has 0 saturated heterocycles. The van der Waals surface area contributed by atoms with Gasteiger partial charge in [0.1, 0.15) is 6.54 Å². The van der Waals surface area contributed by atoms with Gasteiger partial charge in [-0.25, -0.2) is 8.42 Å². The molecule has 158 valence electrons. The topological polar surface area (TPSA) is 66.5 Å². The third-order valence-corrected chi connectivity index (χ3v) is 6.30. The second kappa shape index (κ2) is 9.04. The van der Waals surface area contributed by atoms with Crippen LogP contribution < -0.4 is 9.62 Å². The van der Waals surface area contributed by atoms with Gasteiger partial charge in [0.25, 0.3) is 10.0 Å². The third-order valence-electron chi connectivity index (χ3n) is 4.18. The lowest BCUT2D eigenvalue weighted by molar-refractivity contribution is -0.137. The Bertz CT molecular complexity index is 966. The molecule has 2 aromatic rings. The highest BCUT2D eigenvalue weighted by Crippen LogP contribution is 2.37. The summed E-state index contributed by atoms with van der Waals surface area (Å²) in [7, 11) is -4.30. The monoisotopic (exact) mass is 448 g/mol. The van der Waals surface area contributed by atoms with Crippen LogP contribution >= 0.6 is 11.6 Å². The summed E-state index contributed by atoms with van der Waals surface area (Å²) in [6.07, 6.45) is -4.18. The van der Waals surface area contributed by atoms with E-state index in [9.17, 15) is 26.4 Å². The number of nitrogens with one attached hydrogen (secondary N) is 1. The molecule has 5 nitrogen and oxygen atoms in total. The van der Waals surface area contributed by atoms with Crippen LogP contribution in [0.25, 0.3) is 0 Å². The highest BCUT2D eigenvalue weighted by Gasteiger charge is 2.35. The molecule has 0 aliphatic heterocycles. The molecule has 0 spiro atoms. The average molecular weight is 449 g/mol. The minimum Gasteiger partial charge on any atom is -0.352 e. The Morgan fingerprint density at radius 2 is 1.79 bits per heavy atom. The van der Waals surface area contributed by atoms with Crippen LogP contribution in [-0.2, 0) is 21.0 Å². The van der Waals surface area contributed by atoms with Crippen molar-refractivity contribution in [1.29, 1.82) is 0 Å². The Balaban J connectivity index is 2.55. The van der Waals surface area contributed by atoms with E-state index in [1.54, 1.807) is 13.0 Å². The summed E-state index contributed by atoms with van der Waals surface area (Å²) in [5, 5.41) is 2.05. The molecule has 29 heavy (non-hydrogen) atoms. The fourth-order valence-electron chi connectivity index (χ4n) is 2.47. The predicted molar refractivity (Wildman–Crippen MR) is 105 cm³/mol. The van der Waals surface area contributed by atoms with E-state index in [4.69, 9.17) is 11.6 Å². The minimum absolute atomic E-state index is 0.153. The summed E-state index contributed by atoms with van der Waals surface area (Å²) in [5.41, 5.74) is -1.50. The first kappa shape index (κ1) is 23.0. The minimum atomic E-state index is -4.78. The molecule has 0 aliphatic carbocycles. The number of benzene rings is 2. The van der Waals surface area contributed by atoms with Crippen LogP contribution in [0.5, 0.6) is 0 Å². The van der Waals surface area contributed by atoms with E-state index >= 15 is 0 Å². The molecule has 0 aromatic heterocycles. The summed E-state index contributed by atoms with van der Waals surface area (Å²) in [5.74, 6) is -0.637. The van der Waals surface area contributed by atoms with Crippen LogP contribution in [0.2, 0.25) is 5.02 Å². The number of anilines is 1. The number of carbonyl (C=O) groups excluding carboxylic acids is 1. The second-order valence-electron chi connectivity index (χ2n) is 6.36. The van der Waals surface area contributed by atoms with Gasteiger partial charge in [0.05, 0.1) is 21.2 Å². The molecule has 1 atom stereocenters. The molecule has 10 heteroatoms. The lowest BCUT2D eigenvalue weighted by Crippen LogP contribution is -2.43. The Hall–Kier alpha value is -2.26. The maximum Gasteiger partial charge on any atom is 0.417 e. The Morgan fingerprint density at radius 1 is 1.17 bits per heavy atom. The number of halogens is 4. The number of hydrogen-bond donors (Lipinski definition) is 1. The summed E-state index contributed by atoms with van der Waals surface area (Å²) in [6.45, 7) is 2.89. The molecule has 0 bridgehead atoms. The molecule has 0 saturated carbocycles. The quantitative estimate of drug-likeness (QED) is 0.679. The molecule has 0 heterocycles. The third kappa shape index (κ3) is 5.63. The fourth-order valence-corrected chi connectivity index (χ4v) is 4.13. The largest absolute Gasteiger partial charge is 0.417 e. The predicted octanol–water partition coefficient (Wildman–Crippen LogP) is 4.47. The summed E-state index contributed by atoms with van der Waals surface area (Å²) in [4.78, 5) is 12.2. The zero-order valence-corrected chi connectivity index (χ0v) is 17.3. The molecule has 1 amide bonds. The van der Waals surface area contributed by atoms with E-state index in [0.717, 1.165) is 12.1 Å². The van der Waals surface area contributed by atoms with E-state index in [0.29, 0.717) is 16.8 Å². The summed E-state index contributed by atoms with van der Waals surface area (Å²) >= 11 is 5.64. The maximum absolute atomic E-state index is 13.3. The zero-order chi connectivity index (χ0) is 21.8. The van der Waals surface area contributed by atoms with Crippen molar-refractivity contribution in [3.63, 3.8) is 0 Å². The number of hydrogen-bond acceptors (Lipinski definition) is 3. The van der Waals surface area contributed by atoms with Gasteiger partial charge in [-0.15, -0.1) is 0 Å². The fraction of sp³-hybridized carbons (Fsp3) is 0.316. The SMILES string of the molecule is CC[C@H](C)NC(=O)CN(c1ccc(Cl)c(C(F)(F)F)c1)S(=O)(=O)c1ccccc1. The number of sulfonamides is 1. The van der Waals surface area contributed by atoms with Crippen molar-refractivity contribution in [2.75, 3.05) is 10.8 Å². The molecular weight excluding hydrogens is 429 g/mol. The maximum atomic E-state index is 13.3. The molecular formula is C19H20ClF3N2O3S. The number of carbonyl (C=O) groups is 1. The average Bonchev–Trinajstić information content (AvgIpc) is 2.66. The molecule has 2 rings (SSSR count). The smallest absolute Gasteiger partial charge is 0.352 e. The van der Waals surface area contributed by atoms with Crippen LogP contribution in [0.1, 0.15) is 25.8 Å². The van der Waals surface area contributed by atoms with Crippen LogP contribution in [-0.4, -0.2) is 26.9 Å². The second-order valence-corrected chi connectivity index (χ2v) is 8.63. The highest BCUT2D eigenvalue weighted by molar-refractivity contribution is 7.92. The molecule has 0 unspecified atom stereocenters. The first-order chi connectivity index (χ1) is 13.5. The highest BCUT2D eigenvalue weighted by atomic mass is 35.5. The number of amides is 1. The lowest BCUT2D eigenvalue weighted by Gasteiger charge is -2.26. The molecule has 2 aromatic carbocycles. The van der Waals surface area contributed by atoms with Gasteiger partial charge in [-0.3, -0.25) is 9.10 Å². The van der Waals surface area contributed by atoms with Gasteiger partial charge >= 0.3 is 6.18 Å². The molecule has 1 N–H and O–H groups in total. The van der Waals surface area contributed by atoms with Crippen LogP contribution in [0.4, 0.5) is 18.9 Å². The van der Waals surface area contributed by atoms with E-state index in [1.165, 1.54) is 24.3 Å². The molecule has 0 radical (unpaired) electrons. The van der Waals surface area contributed by atoms with Gasteiger partial charge in [0.2, 0.25) is 5.91 Å². The number of alkyl halides is 3. The van der Waals surface area contributed by atoms with Gasteiger partial charge < -0.3 is 5.32 Å². The number of rotatable bonds is 7. The Kier molecular flexibility index (Phi) is 7.18. The van der Waals surface area contributed by atoms with Crippen molar-refractivity contribution in [1.82, 2.24) is 5.32 Å². The van der Waals surface area contributed by atoms with Crippen molar-refractivity contribution in [3.8, 4) is 0 Å². The Morgan fingerprint density at radius 3 is 2.34 bits per heavy atom.